The third-order valence-electron chi connectivity index (χ3n) is 5.57. The van der Waals surface area contributed by atoms with Crippen LogP contribution in [0, 0.1) is 6.92 Å². The fourth-order valence-corrected chi connectivity index (χ4v) is 3.81. The van der Waals surface area contributed by atoms with Crippen LogP contribution < -0.4 is 9.64 Å². The summed E-state index contributed by atoms with van der Waals surface area (Å²) < 4.78 is 5.31. The van der Waals surface area contributed by atoms with Crippen molar-refractivity contribution in [3.05, 3.63) is 58.7 Å². The molecule has 2 aromatic rings. The fraction of sp³-hybridized carbons (Fsp3) is 0.333. The minimum atomic E-state index is -0.413. The van der Waals surface area contributed by atoms with Crippen molar-refractivity contribution in [3.8, 4) is 17.2 Å². The number of aromatic hydroxyl groups is 2. The Balaban J connectivity index is 1.88. The van der Waals surface area contributed by atoms with E-state index in [2.05, 4.69) is 0 Å². The van der Waals surface area contributed by atoms with Crippen LogP contribution in [0.4, 0.5) is 5.69 Å². The molecule has 1 aliphatic heterocycles. The molecule has 0 bridgehead atoms. The zero-order valence-electron chi connectivity index (χ0n) is 19.0. The van der Waals surface area contributed by atoms with Crippen LogP contribution in [0.2, 0.25) is 0 Å². The molecule has 2 amide bonds. The molecule has 0 unspecified atom stereocenters. The number of phenols is 2. The Kier molecular flexibility index (Phi) is 6.74. The number of carbonyl (C=O) groups is 2. The lowest BCUT2D eigenvalue weighted by atomic mass is 10.1. The summed E-state index contributed by atoms with van der Waals surface area (Å²) in [6, 6.07) is 6.78. The summed E-state index contributed by atoms with van der Waals surface area (Å²) in [4.78, 5) is 31.1. The van der Waals surface area contributed by atoms with Gasteiger partial charge in [-0.05, 0) is 32.6 Å². The number of anilines is 1. The summed E-state index contributed by atoms with van der Waals surface area (Å²) in [5, 5.41) is 20.3. The van der Waals surface area contributed by atoms with Crippen LogP contribution in [-0.2, 0) is 17.9 Å². The average molecular weight is 440 g/mol. The molecule has 1 heterocycles. The molecule has 0 saturated carbocycles. The number of rotatable bonds is 6. The first-order valence-electron chi connectivity index (χ1n) is 10.2. The highest BCUT2D eigenvalue weighted by molar-refractivity contribution is 6.03. The van der Waals surface area contributed by atoms with Gasteiger partial charge in [-0.2, -0.15) is 0 Å². The molecule has 2 aromatic carbocycles. The first-order valence-corrected chi connectivity index (χ1v) is 10.2. The SMILES string of the molecule is COc1c(C)c(O)cc(O)c1C(=O)N1Cc2cccc(N(C)C(=O)/C=C/CN(C)C)c2C1. The van der Waals surface area contributed by atoms with Crippen molar-refractivity contribution in [3.63, 3.8) is 0 Å². The van der Waals surface area contributed by atoms with Gasteiger partial charge in [0.25, 0.3) is 5.91 Å². The largest absolute Gasteiger partial charge is 0.507 e. The number of hydrogen-bond acceptors (Lipinski definition) is 6. The van der Waals surface area contributed by atoms with Gasteiger partial charge < -0.3 is 29.6 Å². The monoisotopic (exact) mass is 439 g/mol. The highest BCUT2D eigenvalue weighted by Gasteiger charge is 2.32. The number of likely N-dealkylation sites (N-methyl/N-ethyl adjacent to an activating group) is 2. The highest BCUT2D eigenvalue weighted by atomic mass is 16.5. The second-order valence-electron chi connectivity index (χ2n) is 8.09. The smallest absolute Gasteiger partial charge is 0.262 e. The number of carbonyl (C=O) groups excluding carboxylic acids is 2. The topological polar surface area (TPSA) is 93.5 Å². The van der Waals surface area contributed by atoms with Crippen LogP contribution in [0.5, 0.6) is 17.2 Å². The zero-order chi connectivity index (χ0) is 23.6. The van der Waals surface area contributed by atoms with E-state index in [0.717, 1.165) is 22.9 Å². The summed E-state index contributed by atoms with van der Waals surface area (Å²) in [6.45, 7) is 2.90. The van der Waals surface area contributed by atoms with Crippen LogP contribution in [0.3, 0.4) is 0 Å². The minimum Gasteiger partial charge on any atom is -0.507 e. The second kappa shape index (κ2) is 9.32. The van der Waals surface area contributed by atoms with Gasteiger partial charge in [0, 0.05) is 55.6 Å². The Bertz CT molecular complexity index is 1080. The molecule has 0 fully saturated rings. The van der Waals surface area contributed by atoms with Gasteiger partial charge in [-0.3, -0.25) is 9.59 Å². The summed E-state index contributed by atoms with van der Waals surface area (Å²) in [7, 11) is 6.95. The molecule has 1 aliphatic rings. The third-order valence-corrected chi connectivity index (χ3v) is 5.57. The molecule has 0 saturated heterocycles. The quantitative estimate of drug-likeness (QED) is 0.673. The highest BCUT2D eigenvalue weighted by Crippen LogP contribution is 2.40. The van der Waals surface area contributed by atoms with E-state index >= 15 is 0 Å². The molecule has 0 atom stereocenters. The predicted octanol–water partition coefficient (Wildman–Crippen LogP) is 2.65. The van der Waals surface area contributed by atoms with Gasteiger partial charge in [0.1, 0.15) is 22.8 Å². The van der Waals surface area contributed by atoms with Crippen LogP contribution in [0.15, 0.2) is 36.4 Å². The number of amides is 2. The van der Waals surface area contributed by atoms with E-state index in [1.54, 1.807) is 35.9 Å². The lowest BCUT2D eigenvalue weighted by Crippen LogP contribution is -2.27. The number of phenolic OH excluding ortho intramolecular Hbond substituents is 2. The Morgan fingerprint density at radius 2 is 1.88 bits per heavy atom. The Morgan fingerprint density at radius 3 is 2.53 bits per heavy atom. The molecule has 170 valence electrons. The van der Waals surface area contributed by atoms with Crippen molar-refractivity contribution in [1.29, 1.82) is 0 Å². The summed E-state index contributed by atoms with van der Waals surface area (Å²) in [5.74, 6) is -0.917. The maximum Gasteiger partial charge on any atom is 0.262 e. The number of ether oxygens (including phenoxy) is 1. The van der Waals surface area contributed by atoms with Gasteiger partial charge in [-0.15, -0.1) is 0 Å². The molecule has 8 heteroatoms. The van der Waals surface area contributed by atoms with Crippen molar-refractivity contribution < 1.29 is 24.5 Å². The van der Waals surface area contributed by atoms with E-state index in [-0.39, 0.29) is 35.3 Å². The molecule has 0 aromatic heterocycles. The third kappa shape index (κ3) is 4.40. The number of nitrogens with zero attached hydrogens (tertiary/aromatic N) is 3. The molecule has 0 radical (unpaired) electrons. The van der Waals surface area contributed by atoms with E-state index in [1.807, 2.05) is 37.2 Å². The zero-order valence-corrected chi connectivity index (χ0v) is 19.0. The Morgan fingerprint density at radius 1 is 1.16 bits per heavy atom. The van der Waals surface area contributed by atoms with E-state index in [1.165, 1.54) is 7.11 Å². The molecular weight excluding hydrogens is 410 g/mol. The van der Waals surface area contributed by atoms with Crippen LogP contribution >= 0.6 is 0 Å². The van der Waals surface area contributed by atoms with E-state index in [4.69, 9.17) is 4.74 Å². The van der Waals surface area contributed by atoms with Gasteiger partial charge in [0.05, 0.1) is 7.11 Å². The Hall–Kier alpha value is -3.52. The molecule has 3 rings (SSSR count). The van der Waals surface area contributed by atoms with Crippen LogP contribution in [0.25, 0.3) is 0 Å². The summed E-state index contributed by atoms with van der Waals surface area (Å²) >= 11 is 0. The van der Waals surface area contributed by atoms with Gasteiger partial charge in [0.2, 0.25) is 5.91 Å². The molecule has 32 heavy (non-hydrogen) atoms. The molecule has 0 aliphatic carbocycles. The standard InChI is InChI=1S/C24H29N3O5/c1-15-19(28)12-20(29)22(23(15)32-5)24(31)27-13-16-8-6-9-18(17(16)14-27)26(4)21(30)10-7-11-25(2)3/h6-10,12,28-29H,11,13-14H2,1-5H3/b10-7+. The van der Waals surface area contributed by atoms with Crippen molar-refractivity contribution in [2.45, 2.75) is 20.0 Å². The van der Waals surface area contributed by atoms with Crippen LogP contribution in [0.1, 0.15) is 27.0 Å². The second-order valence-corrected chi connectivity index (χ2v) is 8.09. The molecule has 0 spiro atoms. The number of fused-ring (bicyclic) bond motifs is 1. The Labute approximate surface area is 187 Å². The molecule has 2 N–H and O–H groups in total. The maximum atomic E-state index is 13.3. The first-order chi connectivity index (χ1) is 15.1. The lowest BCUT2D eigenvalue weighted by molar-refractivity contribution is -0.113. The lowest BCUT2D eigenvalue weighted by Gasteiger charge is -2.21. The summed E-state index contributed by atoms with van der Waals surface area (Å²) in [6.07, 6.45) is 3.35. The fourth-order valence-electron chi connectivity index (χ4n) is 3.81. The van der Waals surface area contributed by atoms with Crippen LogP contribution in [-0.4, -0.2) is 66.6 Å². The number of methoxy groups -OCH3 is 1. The van der Waals surface area contributed by atoms with Crippen molar-refractivity contribution in [2.75, 3.05) is 39.7 Å². The number of benzene rings is 2. The van der Waals surface area contributed by atoms with Gasteiger partial charge in [0.15, 0.2) is 0 Å². The van der Waals surface area contributed by atoms with Crippen molar-refractivity contribution in [1.82, 2.24) is 9.80 Å². The normalized spacial score (nSPS) is 13.0. The van der Waals surface area contributed by atoms with Gasteiger partial charge >= 0.3 is 0 Å². The van der Waals surface area contributed by atoms with Crippen molar-refractivity contribution >= 4 is 17.5 Å². The predicted molar refractivity (Wildman–Crippen MR) is 122 cm³/mol. The first kappa shape index (κ1) is 23.1. The molecular formula is C24H29N3O5. The van der Waals surface area contributed by atoms with E-state index < -0.39 is 5.91 Å². The van der Waals surface area contributed by atoms with Crippen molar-refractivity contribution in [2.24, 2.45) is 0 Å². The average Bonchev–Trinajstić information content (AvgIpc) is 3.19. The van der Waals surface area contributed by atoms with E-state index in [0.29, 0.717) is 18.7 Å². The maximum absolute atomic E-state index is 13.3. The summed E-state index contributed by atoms with van der Waals surface area (Å²) in [5.41, 5.74) is 2.93. The minimum absolute atomic E-state index is 0.00760. The molecule has 8 nitrogen and oxygen atoms in total. The number of hydrogen-bond donors (Lipinski definition) is 2. The van der Waals surface area contributed by atoms with Gasteiger partial charge in [-0.25, -0.2) is 0 Å². The van der Waals surface area contributed by atoms with Gasteiger partial charge in [-0.1, -0.05) is 18.2 Å². The van der Waals surface area contributed by atoms with E-state index in [9.17, 15) is 19.8 Å².